The van der Waals surface area contributed by atoms with E-state index in [1.807, 2.05) is 6.92 Å². The molecule has 3 rings (SSSR count). The molecule has 0 spiro atoms. The van der Waals surface area contributed by atoms with E-state index in [2.05, 4.69) is 21.2 Å². The molecule has 2 aromatic rings. The number of anilines is 1. The van der Waals surface area contributed by atoms with E-state index < -0.39 is 28.5 Å². The van der Waals surface area contributed by atoms with Gasteiger partial charge in [-0.25, -0.2) is 8.42 Å². The molecule has 1 unspecified atom stereocenters. The highest BCUT2D eigenvalue weighted by atomic mass is 79.9. The summed E-state index contributed by atoms with van der Waals surface area (Å²) in [6.07, 6.45) is 5.47. The standard InChI is InChI=1S/C25H31BrClN3O4S/c1-3-23(25(32)28-21-6-4-5-7-21)29(16-18-8-12-20(27)13-9-18)24(31)17-30(35(2,33)34)22-14-10-19(26)11-15-22/h8-15,21,23H,3-7,16-17H2,1-2H3,(H,28,32). The highest BCUT2D eigenvalue weighted by molar-refractivity contribution is 9.10. The van der Waals surface area contributed by atoms with Gasteiger partial charge in [0.25, 0.3) is 0 Å². The van der Waals surface area contributed by atoms with E-state index >= 15 is 0 Å². The second-order valence-electron chi connectivity index (χ2n) is 8.81. The lowest BCUT2D eigenvalue weighted by molar-refractivity contribution is -0.140. The number of amides is 2. The molecule has 0 aliphatic heterocycles. The number of sulfonamides is 1. The third kappa shape index (κ3) is 7.69. The largest absolute Gasteiger partial charge is 0.352 e. The third-order valence-corrected chi connectivity index (χ3v) is 8.07. The third-order valence-electron chi connectivity index (χ3n) is 6.15. The van der Waals surface area contributed by atoms with E-state index in [4.69, 9.17) is 11.6 Å². The van der Waals surface area contributed by atoms with E-state index in [1.54, 1.807) is 48.5 Å². The highest BCUT2D eigenvalue weighted by Gasteiger charge is 2.33. The summed E-state index contributed by atoms with van der Waals surface area (Å²) >= 11 is 9.37. The maximum atomic E-state index is 13.7. The first-order valence-corrected chi connectivity index (χ1v) is 14.7. The van der Waals surface area contributed by atoms with Crippen molar-refractivity contribution in [2.45, 2.75) is 57.7 Å². The molecule has 0 bridgehead atoms. The zero-order valence-electron chi connectivity index (χ0n) is 19.9. The van der Waals surface area contributed by atoms with Crippen molar-refractivity contribution in [1.82, 2.24) is 10.2 Å². The van der Waals surface area contributed by atoms with Gasteiger partial charge in [0.05, 0.1) is 11.9 Å². The topological polar surface area (TPSA) is 86.8 Å². The van der Waals surface area contributed by atoms with Crippen LogP contribution in [0.4, 0.5) is 5.69 Å². The van der Waals surface area contributed by atoms with Gasteiger partial charge in [-0.3, -0.25) is 13.9 Å². The molecule has 1 atom stereocenters. The van der Waals surface area contributed by atoms with Gasteiger partial charge in [-0.1, -0.05) is 59.4 Å². The van der Waals surface area contributed by atoms with Crippen LogP contribution in [0.3, 0.4) is 0 Å². The molecule has 10 heteroatoms. The summed E-state index contributed by atoms with van der Waals surface area (Å²) in [5, 5.41) is 3.66. The number of benzene rings is 2. The van der Waals surface area contributed by atoms with Crippen LogP contribution in [0.5, 0.6) is 0 Å². The number of carbonyl (C=O) groups is 2. The first kappa shape index (κ1) is 27.5. The lowest BCUT2D eigenvalue weighted by Crippen LogP contribution is -2.53. The van der Waals surface area contributed by atoms with Crippen LogP contribution in [-0.4, -0.2) is 50.0 Å². The monoisotopic (exact) mass is 583 g/mol. The maximum Gasteiger partial charge on any atom is 0.244 e. The minimum Gasteiger partial charge on any atom is -0.352 e. The van der Waals surface area contributed by atoms with Crippen LogP contribution in [0.25, 0.3) is 0 Å². The molecule has 2 amide bonds. The summed E-state index contributed by atoms with van der Waals surface area (Å²) in [7, 11) is -3.76. The van der Waals surface area contributed by atoms with Gasteiger partial charge in [0.2, 0.25) is 21.8 Å². The molecule has 1 aliphatic carbocycles. The zero-order valence-corrected chi connectivity index (χ0v) is 23.1. The van der Waals surface area contributed by atoms with Crippen molar-refractivity contribution in [2.24, 2.45) is 0 Å². The Morgan fingerprint density at radius 3 is 2.23 bits per heavy atom. The van der Waals surface area contributed by atoms with Crippen LogP contribution in [0.15, 0.2) is 53.0 Å². The van der Waals surface area contributed by atoms with Crippen molar-refractivity contribution in [1.29, 1.82) is 0 Å². The second-order valence-corrected chi connectivity index (χ2v) is 12.1. The Morgan fingerprint density at radius 2 is 1.69 bits per heavy atom. The highest BCUT2D eigenvalue weighted by Crippen LogP contribution is 2.23. The van der Waals surface area contributed by atoms with Gasteiger partial charge in [-0.05, 0) is 61.2 Å². The van der Waals surface area contributed by atoms with E-state index in [-0.39, 0.29) is 18.5 Å². The first-order valence-electron chi connectivity index (χ1n) is 11.7. The molecule has 1 fully saturated rings. The van der Waals surface area contributed by atoms with Gasteiger partial charge in [-0.2, -0.15) is 0 Å². The average molecular weight is 585 g/mol. The van der Waals surface area contributed by atoms with Crippen LogP contribution < -0.4 is 9.62 Å². The van der Waals surface area contributed by atoms with E-state index in [0.717, 1.165) is 46.3 Å². The van der Waals surface area contributed by atoms with Crippen molar-refractivity contribution < 1.29 is 18.0 Å². The van der Waals surface area contributed by atoms with Crippen molar-refractivity contribution in [3.8, 4) is 0 Å². The van der Waals surface area contributed by atoms with Crippen LogP contribution in [0.1, 0.15) is 44.6 Å². The normalized spacial score (nSPS) is 15.0. The molecule has 0 aromatic heterocycles. The molecular formula is C25H31BrClN3O4S. The van der Waals surface area contributed by atoms with Crippen LogP contribution in [-0.2, 0) is 26.2 Å². The zero-order chi connectivity index (χ0) is 25.6. The summed E-state index contributed by atoms with van der Waals surface area (Å²) in [5.41, 5.74) is 1.17. The number of carbonyl (C=O) groups excluding carboxylic acids is 2. The molecule has 1 aliphatic rings. The minimum atomic E-state index is -3.76. The van der Waals surface area contributed by atoms with E-state index in [0.29, 0.717) is 17.1 Å². The smallest absolute Gasteiger partial charge is 0.244 e. The van der Waals surface area contributed by atoms with Gasteiger partial charge in [0, 0.05) is 22.1 Å². The van der Waals surface area contributed by atoms with Crippen LogP contribution in [0, 0.1) is 0 Å². The van der Waals surface area contributed by atoms with Crippen LogP contribution >= 0.6 is 27.5 Å². The van der Waals surface area contributed by atoms with E-state index in [9.17, 15) is 18.0 Å². The average Bonchev–Trinajstić information content (AvgIpc) is 3.31. The fourth-order valence-electron chi connectivity index (χ4n) is 4.29. The minimum absolute atomic E-state index is 0.110. The van der Waals surface area contributed by atoms with Crippen molar-refractivity contribution in [2.75, 3.05) is 17.1 Å². The SMILES string of the molecule is CCC(C(=O)NC1CCCC1)N(Cc1ccc(Cl)cc1)C(=O)CN(c1ccc(Br)cc1)S(C)(=O)=O. The number of hydrogen-bond donors (Lipinski definition) is 1. The summed E-state index contributed by atoms with van der Waals surface area (Å²) in [6, 6.07) is 13.1. The fraction of sp³-hybridized carbons (Fsp3) is 0.440. The molecule has 7 nitrogen and oxygen atoms in total. The number of nitrogens with zero attached hydrogens (tertiary/aromatic N) is 2. The molecule has 0 heterocycles. The molecule has 2 aromatic carbocycles. The lowest BCUT2D eigenvalue weighted by atomic mass is 10.1. The number of hydrogen-bond acceptors (Lipinski definition) is 4. The Bertz CT molecular complexity index is 1120. The molecule has 0 saturated heterocycles. The van der Waals surface area contributed by atoms with Gasteiger partial charge < -0.3 is 10.2 Å². The summed E-state index contributed by atoms with van der Waals surface area (Å²) < 4.78 is 27.1. The lowest BCUT2D eigenvalue weighted by Gasteiger charge is -2.33. The summed E-state index contributed by atoms with van der Waals surface area (Å²) in [4.78, 5) is 28.4. The number of nitrogens with one attached hydrogen (secondary N) is 1. The Balaban J connectivity index is 1.90. The molecular weight excluding hydrogens is 554 g/mol. The maximum absolute atomic E-state index is 13.7. The quantitative estimate of drug-likeness (QED) is 0.437. The molecule has 0 radical (unpaired) electrons. The van der Waals surface area contributed by atoms with Gasteiger partial charge >= 0.3 is 0 Å². The van der Waals surface area contributed by atoms with Crippen LogP contribution in [0.2, 0.25) is 5.02 Å². The number of halogens is 2. The Morgan fingerprint density at radius 1 is 1.09 bits per heavy atom. The summed E-state index contributed by atoms with van der Waals surface area (Å²) in [6.45, 7) is 1.59. The van der Waals surface area contributed by atoms with Gasteiger partial charge in [0.15, 0.2) is 0 Å². The molecule has 1 saturated carbocycles. The molecule has 190 valence electrons. The van der Waals surface area contributed by atoms with Crippen molar-refractivity contribution >= 4 is 55.1 Å². The predicted octanol–water partition coefficient (Wildman–Crippen LogP) is 4.73. The van der Waals surface area contributed by atoms with Crippen molar-refractivity contribution in [3.63, 3.8) is 0 Å². The van der Waals surface area contributed by atoms with Gasteiger partial charge in [-0.15, -0.1) is 0 Å². The number of rotatable bonds is 10. The Hall–Kier alpha value is -2.10. The van der Waals surface area contributed by atoms with Crippen molar-refractivity contribution in [3.05, 3.63) is 63.6 Å². The summed E-state index contributed by atoms with van der Waals surface area (Å²) in [5.74, 6) is -0.669. The fourth-order valence-corrected chi connectivity index (χ4v) is 5.53. The Kier molecular flexibility index (Phi) is 9.61. The van der Waals surface area contributed by atoms with Gasteiger partial charge in [0.1, 0.15) is 12.6 Å². The first-order chi connectivity index (χ1) is 16.6. The Labute approximate surface area is 221 Å². The second kappa shape index (κ2) is 12.2. The molecule has 1 N–H and O–H groups in total. The predicted molar refractivity (Wildman–Crippen MR) is 143 cm³/mol. The van der Waals surface area contributed by atoms with E-state index in [1.165, 1.54) is 4.90 Å². The molecule has 35 heavy (non-hydrogen) atoms.